The van der Waals surface area contributed by atoms with E-state index in [2.05, 4.69) is 25.3 Å². The third kappa shape index (κ3) is 4.75. The molecule has 2 amide bonds. The van der Waals surface area contributed by atoms with E-state index in [-0.39, 0.29) is 17.0 Å². The fourth-order valence-corrected chi connectivity index (χ4v) is 5.07. The number of halogens is 2. The largest absolute Gasteiger partial charge is 0.494 e. The molecule has 0 aliphatic carbocycles. The smallest absolute Gasteiger partial charge is 0.273 e. The second kappa shape index (κ2) is 9.81. The van der Waals surface area contributed by atoms with Crippen LogP contribution in [0.15, 0.2) is 42.9 Å². The number of nitrogens with one attached hydrogen (secondary N) is 1. The van der Waals surface area contributed by atoms with Crippen LogP contribution in [-0.2, 0) is 13.1 Å². The van der Waals surface area contributed by atoms with Crippen LogP contribution in [0.25, 0.3) is 11.1 Å². The monoisotopic (exact) mass is 540 g/mol. The number of pyridine rings is 3. The summed E-state index contributed by atoms with van der Waals surface area (Å²) in [5, 5.41) is 4.04. The van der Waals surface area contributed by atoms with Crippen molar-refractivity contribution in [3.8, 4) is 16.9 Å². The predicted molar refractivity (Wildman–Crippen MR) is 137 cm³/mol. The van der Waals surface area contributed by atoms with Gasteiger partial charge in [-0.15, -0.1) is 0 Å². The Balaban J connectivity index is 1.35. The van der Waals surface area contributed by atoms with Gasteiger partial charge >= 0.3 is 0 Å². The van der Waals surface area contributed by atoms with Crippen molar-refractivity contribution in [1.29, 1.82) is 0 Å². The summed E-state index contributed by atoms with van der Waals surface area (Å²) >= 11 is 13.3. The van der Waals surface area contributed by atoms with Crippen LogP contribution >= 0.6 is 34.5 Å². The number of methoxy groups -OCH3 is 1. The summed E-state index contributed by atoms with van der Waals surface area (Å²) in [7, 11) is 1.52. The van der Waals surface area contributed by atoms with Gasteiger partial charge in [0.15, 0.2) is 5.13 Å². The summed E-state index contributed by atoms with van der Waals surface area (Å²) in [5.74, 6) is -0.104. The Hall–Kier alpha value is -3.60. The molecule has 182 valence electrons. The van der Waals surface area contributed by atoms with Crippen molar-refractivity contribution in [2.24, 2.45) is 0 Å². The van der Waals surface area contributed by atoms with Gasteiger partial charge in [0.25, 0.3) is 11.8 Å². The Morgan fingerprint density at radius 2 is 1.89 bits per heavy atom. The van der Waals surface area contributed by atoms with Crippen molar-refractivity contribution in [1.82, 2.24) is 24.8 Å². The maximum absolute atomic E-state index is 13.3. The fourth-order valence-electron chi connectivity index (χ4n) is 3.82. The van der Waals surface area contributed by atoms with Crippen molar-refractivity contribution in [3.05, 3.63) is 80.6 Å². The van der Waals surface area contributed by atoms with E-state index < -0.39 is 0 Å². The molecule has 0 unspecified atom stereocenters. The van der Waals surface area contributed by atoms with Crippen LogP contribution in [0.5, 0.6) is 5.75 Å². The highest BCUT2D eigenvalue weighted by Gasteiger charge is 2.29. The van der Waals surface area contributed by atoms with E-state index >= 15 is 0 Å². The molecule has 36 heavy (non-hydrogen) atoms. The lowest BCUT2D eigenvalue weighted by Crippen LogP contribution is -2.26. The second-order valence-electron chi connectivity index (χ2n) is 7.94. The van der Waals surface area contributed by atoms with Crippen LogP contribution in [0.4, 0.5) is 5.13 Å². The van der Waals surface area contributed by atoms with E-state index in [1.165, 1.54) is 37.0 Å². The standard InChI is InChI=1S/C24H18Cl2N6O3S/c1-12-5-14(15-6-21(26)29-9-19(15)35-2)16(8-27-12)22(33)31-24-30-18-10-32(11-20(18)36-24)23(34)17-4-3-13(25)7-28-17/h3-9H,10-11H2,1-2H3,(H,30,31,33). The summed E-state index contributed by atoms with van der Waals surface area (Å²) in [6, 6.07) is 6.65. The van der Waals surface area contributed by atoms with Crippen molar-refractivity contribution < 1.29 is 14.3 Å². The zero-order chi connectivity index (χ0) is 25.4. The van der Waals surface area contributed by atoms with Gasteiger partial charge in [-0.25, -0.2) is 15.0 Å². The molecular weight excluding hydrogens is 523 g/mol. The van der Waals surface area contributed by atoms with E-state index in [1.807, 2.05) is 6.92 Å². The van der Waals surface area contributed by atoms with Gasteiger partial charge in [-0.1, -0.05) is 34.5 Å². The quantitative estimate of drug-likeness (QED) is 0.353. The minimum atomic E-state index is -0.377. The molecule has 9 nitrogen and oxygen atoms in total. The molecule has 0 radical (unpaired) electrons. The first-order chi connectivity index (χ1) is 17.3. The first-order valence-electron chi connectivity index (χ1n) is 10.7. The summed E-state index contributed by atoms with van der Waals surface area (Å²) in [6.07, 6.45) is 4.46. The predicted octanol–water partition coefficient (Wildman–Crippen LogP) is 5.03. The van der Waals surface area contributed by atoms with Crippen molar-refractivity contribution in [3.63, 3.8) is 0 Å². The highest BCUT2D eigenvalue weighted by Crippen LogP contribution is 2.35. The highest BCUT2D eigenvalue weighted by atomic mass is 35.5. The first kappa shape index (κ1) is 24.1. The number of aromatic nitrogens is 4. The molecule has 4 aromatic rings. The van der Waals surface area contributed by atoms with E-state index in [1.54, 1.807) is 29.2 Å². The number of aryl methyl sites for hydroxylation is 1. The number of ether oxygens (including phenoxy) is 1. The molecule has 1 aliphatic rings. The van der Waals surface area contributed by atoms with Crippen LogP contribution in [-0.4, -0.2) is 43.8 Å². The molecule has 0 fully saturated rings. The Bertz CT molecular complexity index is 1470. The number of fused-ring (bicyclic) bond motifs is 1. The van der Waals surface area contributed by atoms with Crippen LogP contribution in [0.3, 0.4) is 0 Å². The molecule has 5 heterocycles. The molecule has 4 aromatic heterocycles. The topological polar surface area (TPSA) is 110 Å². The number of nitrogens with zero attached hydrogens (tertiary/aromatic N) is 5. The fraction of sp³-hybridized carbons (Fsp3) is 0.167. The van der Waals surface area contributed by atoms with Gasteiger partial charge in [0.05, 0.1) is 47.6 Å². The lowest BCUT2D eigenvalue weighted by Gasteiger charge is -2.15. The number of thiazole rings is 1. The van der Waals surface area contributed by atoms with Gasteiger partial charge in [0, 0.05) is 29.2 Å². The molecule has 5 rings (SSSR count). The van der Waals surface area contributed by atoms with Gasteiger partial charge in [-0.3, -0.25) is 19.9 Å². The molecule has 0 saturated heterocycles. The summed E-state index contributed by atoms with van der Waals surface area (Å²) in [6.45, 7) is 2.55. The van der Waals surface area contributed by atoms with E-state index in [0.29, 0.717) is 51.4 Å². The SMILES string of the molecule is COc1cnc(Cl)cc1-c1cc(C)ncc1C(=O)Nc1nc2c(s1)CN(C(=O)c1ccc(Cl)cn1)C2. The van der Waals surface area contributed by atoms with Crippen molar-refractivity contribution in [2.75, 3.05) is 12.4 Å². The van der Waals surface area contributed by atoms with Crippen LogP contribution in [0.1, 0.15) is 37.1 Å². The Kier molecular flexibility index (Phi) is 6.57. The average molecular weight is 541 g/mol. The number of amides is 2. The molecule has 0 saturated carbocycles. The number of carbonyl (C=O) groups is 2. The van der Waals surface area contributed by atoms with Crippen molar-refractivity contribution in [2.45, 2.75) is 20.0 Å². The van der Waals surface area contributed by atoms with E-state index in [9.17, 15) is 9.59 Å². The van der Waals surface area contributed by atoms with Crippen LogP contribution in [0, 0.1) is 6.92 Å². The maximum atomic E-state index is 13.3. The summed E-state index contributed by atoms with van der Waals surface area (Å²) in [5.41, 5.74) is 3.35. The number of anilines is 1. The normalized spacial score (nSPS) is 12.4. The second-order valence-corrected chi connectivity index (χ2v) is 9.85. The minimum absolute atomic E-state index is 0.206. The van der Waals surface area contributed by atoms with E-state index in [4.69, 9.17) is 27.9 Å². The zero-order valence-electron chi connectivity index (χ0n) is 19.1. The molecular formula is C24H18Cl2N6O3S. The Morgan fingerprint density at radius 1 is 1.06 bits per heavy atom. The highest BCUT2D eigenvalue weighted by molar-refractivity contribution is 7.16. The van der Waals surface area contributed by atoms with Crippen molar-refractivity contribution >= 4 is 51.5 Å². The lowest BCUT2D eigenvalue weighted by atomic mass is 10.0. The first-order valence-corrected chi connectivity index (χ1v) is 12.3. The summed E-state index contributed by atoms with van der Waals surface area (Å²) in [4.78, 5) is 45.5. The van der Waals surface area contributed by atoms with Crippen LogP contribution < -0.4 is 10.1 Å². The third-order valence-corrected chi connectivity index (χ3v) is 6.97. The van der Waals surface area contributed by atoms with Gasteiger partial charge < -0.3 is 9.64 Å². The maximum Gasteiger partial charge on any atom is 0.273 e. The number of hydrogen-bond donors (Lipinski definition) is 1. The molecule has 1 N–H and O–H groups in total. The van der Waals surface area contributed by atoms with Gasteiger partial charge in [-0.2, -0.15) is 0 Å². The third-order valence-electron chi connectivity index (χ3n) is 5.54. The molecule has 0 bridgehead atoms. The Labute approximate surface area is 220 Å². The number of hydrogen-bond acceptors (Lipinski definition) is 8. The van der Waals surface area contributed by atoms with Gasteiger partial charge in [0.1, 0.15) is 16.6 Å². The molecule has 0 spiro atoms. The Morgan fingerprint density at radius 3 is 2.61 bits per heavy atom. The average Bonchev–Trinajstić information content (AvgIpc) is 3.42. The minimum Gasteiger partial charge on any atom is -0.494 e. The molecule has 0 aromatic carbocycles. The number of carbonyl (C=O) groups excluding carboxylic acids is 2. The summed E-state index contributed by atoms with van der Waals surface area (Å²) < 4.78 is 5.43. The van der Waals surface area contributed by atoms with E-state index in [0.717, 1.165) is 16.3 Å². The zero-order valence-corrected chi connectivity index (χ0v) is 21.4. The van der Waals surface area contributed by atoms with Gasteiger partial charge in [-0.05, 0) is 31.2 Å². The molecule has 12 heteroatoms. The van der Waals surface area contributed by atoms with Gasteiger partial charge in [0.2, 0.25) is 0 Å². The molecule has 0 atom stereocenters. The lowest BCUT2D eigenvalue weighted by molar-refractivity contribution is 0.0744. The number of rotatable bonds is 5. The van der Waals surface area contributed by atoms with Crippen LogP contribution in [0.2, 0.25) is 10.2 Å². The molecule has 1 aliphatic heterocycles.